The predicted molar refractivity (Wildman–Crippen MR) is 135 cm³/mol. The van der Waals surface area contributed by atoms with Gasteiger partial charge in [0, 0.05) is 48.5 Å². The fraction of sp³-hybridized carbons (Fsp3) is 0.440. The number of likely N-dealkylation sites (tertiary alicyclic amines) is 1. The molecule has 8 heteroatoms. The average Bonchev–Trinajstić information content (AvgIpc) is 2.74. The van der Waals surface area contributed by atoms with Crippen LogP contribution >= 0.6 is 31.9 Å². The second kappa shape index (κ2) is 11.1. The summed E-state index contributed by atoms with van der Waals surface area (Å²) in [6, 6.07) is 12.5. The standard InChI is InChI=1S/C25H30Br2FN3O2/c1-29(2)24(33)17-31-10-8-25(9-11-31,19-4-6-22(28)7-5-19)15-23(32)30(3)16-18-12-20(26)14-21(27)13-18/h4-7,12-14H,8-11,15-17H2,1-3H3. The van der Waals surface area contributed by atoms with Gasteiger partial charge in [0.1, 0.15) is 5.82 Å². The highest BCUT2D eigenvalue weighted by Gasteiger charge is 2.39. The molecule has 0 spiro atoms. The van der Waals surface area contributed by atoms with Gasteiger partial charge in [0.05, 0.1) is 6.54 Å². The van der Waals surface area contributed by atoms with Crippen molar-refractivity contribution in [2.24, 2.45) is 0 Å². The van der Waals surface area contributed by atoms with Gasteiger partial charge in [-0.05, 0) is 67.4 Å². The van der Waals surface area contributed by atoms with E-state index in [2.05, 4.69) is 36.8 Å². The number of hydrogen-bond donors (Lipinski definition) is 0. The Bertz CT molecular complexity index is 969. The molecule has 3 rings (SSSR count). The SMILES string of the molecule is CN(C)C(=O)CN1CCC(CC(=O)N(C)Cc2cc(Br)cc(Br)c2)(c2ccc(F)cc2)CC1. The van der Waals surface area contributed by atoms with Crippen LogP contribution in [0.5, 0.6) is 0 Å². The Hall–Kier alpha value is -1.77. The number of benzene rings is 2. The van der Waals surface area contributed by atoms with Crippen molar-refractivity contribution in [2.75, 3.05) is 40.8 Å². The number of hydrogen-bond acceptors (Lipinski definition) is 3. The van der Waals surface area contributed by atoms with Gasteiger partial charge in [-0.15, -0.1) is 0 Å². The molecule has 0 unspecified atom stereocenters. The van der Waals surface area contributed by atoms with Crippen LogP contribution in [0.1, 0.15) is 30.4 Å². The Morgan fingerprint density at radius 2 is 1.55 bits per heavy atom. The van der Waals surface area contributed by atoms with Crippen LogP contribution in [0.15, 0.2) is 51.4 Å². The van der Waals surface area contributed by atoms with Gasteiger partial charge in [0.15, 0.2) is 0 Å². The van der Waals surface area contributed by atoms with Gasteiger partial charge in [0.25, 0.3) is 0 Å². The number of halogens is 3. The van der Waals surface area contributed by atoms with Crippen LogP contribution in [-0.4, -0.2) is 67.3 Å². The molecular weight excluding hydrogens is 553 g/mol. The molecule has 33 heavy (non-hydrogen) atoms. The number of likely N-dealkylation sites (N-methyl/N-ethyl adjacent to an activating group) is 1. The Balaban J connectivity index is 1.75. The van der Waals surface area contributed by atoms with E-state index in [1.54, 1.807) is 36.0 Å². The minimum absolute atomic E-state index is 0.0493. The first-order valence-corrected chi connectivity index (χ1v) is 12.5. The molecule has 0 N–H and O–H groups in total. The number of carbonyl (C=O) groups is 2. The molecule has 2 aromatic rings. The fourth-order valence-electron chi connectivity index (χ4n) is 4.33. The minimum Gasteiger partial charge on any atom is -0.348 e. The van der Waals surface area contributed by atoms with Gasteiger partial charge in [-0.1, -0.05) is 44.0 Å². The number of piperidine rings is 1. The number of amides is 2. The Morgan fingerprint density at radius 3 is 2.09 bits per heavy atom. The van der Waals surface area contributed by atoms with Crippen molar-refractivity contribution in [3.05, 3.63) is 68.4 Å². The van der Waals surface area contributed by atoms with E-state index >= 15 is 0 Å². The fourth-order valence-corrected chi connectivity index (χ4v) is 5.72. The summed E-state index contributed by atoms with van der Waals surface area (Å²) in [5, 5.41) is 0. The lowest BCUT2D eigenvalue weighted by atomic mass is 9.70. The molecule has 2 aromatic carbocycles. The summed E-state index contributed by atoms with van der Waals surface area (Å²) in [6.07, 6.45) is 1.82. The van der Waals surface area contributed by atoms with Gasteiger partial charge in [-0.2, -0.15) is 0 Å². The van der Waals surface area contributed by atoms with E-state index in [-0.39, 0.29) is 23.0 Å². The zero-order valence-corrected chi connectivity index (χ0v) is 22.5. The van der Waals surface area contributed by atoms with Crippen LogP contribution in [0, 0.1) is 5.82 Å². The van der Waals surface area contributed by atoms with Crippen molar-refractivity contribution in [1.82, 2.24) is 14.7 Å². The number of nitrogens with zero attached hydrogens (tertiary/aromatic N) is 3. The Morgan fingerprint density at radius 1 is 0.970 bits per heavy atom. The zero-order chi connectivity index (χ0) is 24.2. The van der Waals surface area contributed by atoms with E-state index in [0.717, 1.165) is 32.9 Å². The summed E-state index contributed by atoms with van der Waals surface area (Å²) in [6.45, 7) is 2.30. The average molecular weight is 583 g/mol. The van der Waals surface area contributed by atoms with Crippen LogP contribution < -0.4 is 0 Å². The maximum atomic E-state index is 13.6. The van der Waals surface area contributed by atoms with Crippen LogP contribution in [-0.2, 0) is 21.5 Å². The Kier molecular flexibility index (Phi) is 8.70. The summed E-state index contributed by atoms with van der Waals surface area (Å²) in [4.78, 5) is 31.0. The molecule has 5 nitrogen and oxygen atoms in total. The normalized spacial score (nSPS) is 15.8. The quantitative estimate of drug-likeness (QED) is 0.470. The van der Waals surface area contributed by atoms with Crippen LogP contribution in [0.2, 0.25) is 0 Å². The maximum Gasteiger partial charge on any atom is 0.236 e. The highest BCUT2D eigenvalue weighted by Crippen LogP contribution is 2.39. The number of rotatable bonds is 7. The van der Waals surface area contributed by atoms with Crippen molar-refractivity contribution >= 4 is 43.7 Å². The lowest BCUT2D eigenvalue weighted by molar-refractivity contribution is -0.133. The van der Waals surface area contributed by atoms with Gasteiger partial charge >= 0.3 is 0 Å². The van der Waals surface area contributed by atoms with E-state index in [1.807, 2.05) is 25.2 Å². The molecule has 0 aromatic heterocycles. The zero-order valence-electron chi connectivity index (χ0n) is 19.3. The monoisotopic (exact) mass is 581 g/mol. The van der Waals surface area contributed by atoms with Gasteiger partial charge < -0.3 is 9.80 Å². The molecule has 1 aliphatic heterocycles. The van der Waals surface area contributed by atoms with Crippen LogP contribution in [0.3, 0.4) is 0 Å². The molecule has 0 atom stereocenters. The van der Waals surface area contributed by atoms with E-state index in [4.69, 9.17) is 0 Å². The van der Waals surface area contributed by atoms with Gasteiger partial charge in [-0.3, -0.25) is 14.5 Å². The third-order valence-corrected chi connectivity index (χ3v) is 7.30. The molecule has 1 saturated heterocycles. The van der Waals surface area contributed by atoms with E-state index in [1.165, 1.54) is 12.1 Å². The first-order chi connectivity index (χ1) is 15.6. The highest BCUT2D eigenvalue weighted by molar-refractivity contribution is 9.11. The summed E-state index contributed by atoms with van der Waals surface area (Å²) >= 11 is 7.00. The lowest BCUT2D eigenvalue weighted by Gasteiger charge is -2.42. The van der Waals surface area contributed by atoms with Crippen molar-refractivity contribution in [3.63, 3.8) is 0 Å². The van der Waals surface area contributed by atoms with E-state index in [9.17, 15) is 14.0 Å². The largest absolute Gasteiger partial charge is 0.348 e. The Labute approximate surface area is 212 Å². The molecule has 0 radical (unpaired) electrons. The second-order valence-electron chi connectivity index (χ2n) is 9.06. The highest BCUT2D eigenvalue weighted by atomic mass is 79.9. The molecule has 2 amide bonds. The maximum absolute atomic E-state index is 13.6. The molecule has 0 bridgehead atoms. The van der Waals surface area contributed by atoms with E-state index < -0.39 is 0 Å². The first-order valence-electron chi connectivity index (χ1n) is 11.0. The summed E-state index contributed by atoms with van der Waals surface area (Å²) < 4.78 is 15.5. The molecule has 1 aliphatic rings. The molecule has 0 aliphatic carbocycles. The van der Waals surface area contributed by atoms with Crippen molar-refractivity contribution in [2.45, 2.75) is 31.2 Å². The lowest BCUT2D eigenvalue weighted by Crippen LogP contribution is -2.48. The molecule has 1 fully saturated rings. The van der Waals surface area contributed by atoms with Crippen LogP contribution in [0.25, 0.3) is 0 Å². The number of carbonyl (C=O) groups excluding carboxylic acids is 2. The second-order valence-corrected chi connectivity index (χ2v) is 10.9. The third-order valence-electron chi connectivity index (χ3n) is 6.38. The predicted octanol–water partition coefficient (Wildman–Crippen LogP) is 4.82. The smallest absolute Gasteiger partial charge is 0.236 e. The summed E-state index contributed by atoms with van der Waals surface area (Å²) in [5.74, 6) is -0.167. The van der Waals surface area contributed by atoms with Crippen LogP contribution in [0.4, 0.5) is 4.39 Å². The molecule has 178 valence electrons. The minimum atomic E-state index is -0.380. The molecular formula is C25H30Br2FN3O2. The third kappa shape index (κ3) is 6.87. The molecule has 1 heterocycles. The topological polar surface area (TPSA) is 43.9 Å². The van der Waals surface area contributed by atoms with E-state index in [0.29, 0.717) is 32.6 Å². The van der Waals surface area contributed by atoms with Gasteiger partial charge in [-0.25, -0.2) is 4.39 Å². The van der Waals surface area contributed by atoms with Crippen molar-refractivity contribution in [3.8, 4) is 0 Å². The first kappa shape index (κ1) is 25.8. The molecule has 0 saturated carbocycles. The van der Waals surface area contributed by atoms with Crippen molar-refractivity contribution < 1.29 is 14.0 Å². The summed E-state index contributed by atoms with van der Waals surface area (Å²) in [7, 11) is 5.33. The van der Waals surface area contributed by atoms with Gasteiger partial charge in [0.2, 0.25) is 11.8 Å². The van der Waals surface area contributed by atoms with Crippen molar-refractivity contribution in [1.29, 1.82) is 0 Å². The summed E-state index contributed by atoms with van der Waals surface area (Å²) in [5.41, 5.74) is 1.63.